The molecule has 0 aliphatic carbocycles. The van der Waals surface area contributed by atoms with Gasteiger partial charge >= 0.3 is 0 Å². The van der Waals surface area contributed by atoms with E-state index >= 15 is 0 Å². The van der Waals surface area contributed by atoms with E-state index in [0.29, 0.717) is 33.4 Å². The largest absolute Gasteiger partial charge is 0.497 e. The van der Waals surface area contributed by atoms with Crippen LogP contribution in [-0.4, -0.2) is 34.4 Å². The molecule has 3 aromatic rings. The van der Waals surface area contributed by atoms with Crippen molar-refractivity contribution in [2.75, 3.05) is 13.7 Å². The second kappa shape index (κ2) is 9.49. The van der Waals surface area contributed by atoms with Crippen molar-refractivity contribution in [1.82, 2.24) is 14.9 Å². The molecule has 0 bridgehead atoms. The highest BCUT2D eigenvalue weighted by Crippen LogP contribution is 2.32. The van der Waals surface area contributed by atoms with E-state index in [4.69, 9.17) is 9.72 Å². The van der Waals surface area contributed by atoms with E-state index in [-0.39, 0.29) is 11.5 Å². The lowest BCUT2D eigenvalue weighted by molar-refractivity contribution is -0.120. The zero-order valence-electron chi connectivity index (χ0n) is 17.5. The van der Waals surface area contributed by atoms with Gasteiger partial charge in [-0.25, -0.2) is 4.98 Å². The number of thioether (sulfide) groups is 1. The number of amides is 1. The Morgan fingerprint density at radius 2 is 2.10 bits per heavy atom. The van der Waals surface area contributed by atoms with Gasteiger partial charge in [-0.3, -0.25) is 14.2 Å². The number of ether oxygens (including phenoxy) is 1. The number of nitrogens with one attached hydrogen (secondary N) is 1. The molecule has 0 saturated carbocycles. The molecule has 2 aromatic heterocycles. The Hall–Kier alpha value is -2.58. The van der Waals surface area contributed by atoms with Gasteiger partial charge in [-0.05, 0) is 50.1 Å². The number of aryl methyl sites for hydroxylation is 2. The molecule has 0 fully saturated rings. The monoisotopic (exact) mass is 443 g/mol. The van der Waals surface area contributed by atoms with Crippen LogP contribution in [-0.2, 0) is 11.2 Å². The van der Waals surface area contributed by atoms with E-state index in [1.165, 1.54) is 23.1 Å². The van der Waals surface area contributed by atoms with E-state index in [1.54, 1.807) is 36.8 Å². The smallest absolute Gasteiger partial charge is 0.267 e. The molecule has 0 aliphatic heterocycles. The molecule has 0 unspecified atom stereocenters. The second-order valence-electron chi connectivity index (χ2n) is 6.70. The number of fused-ring (bicyclic) bond motifs is 1. The van der Waals surface area contributed by atoms with Gasteiger partial charge in [0.15, 0.2) is 5.16 Å². The number of hydrogen-bond donors (Lipinski definition) is 1. The van der Waals surface area contributed by atoms with Crippen molar-refractivity contribution < 1.29 is 9.53 Å². The molecule has 0 spiro atoms. The average molecular weight is 444 g/mol. The Bertz CT molecular complexity index is 1130. The minimum absolute atomic E-state index is 0.118. The minimum Gasteiger partial charge on any atom is -0.497 e. The Morgan fingerprint density at radius 1 is 1.40 bits per heavy atom. The molecule has 6 nitrogen and oxygen atoms in total. The van der Waals surface area contributed by atoms with Crippen molar-refractivity contribution >= 4 is 39.2 Å². The second-order valence-corrected chi connectivity index (χ2v) is 9.21. The maximum absolute atomic E-state index is 13.6. The van der Waals surface area contributed by atoms with Gasteiger partial charge in [0.1, 0.15) is 10.6 Å². The van der Waals surface area contributed by atoms with Crippen molar-refractivity contribution in [3.05, 3.63) is 57.7 Å². The Kier molecular flexibility index (Phi) is 6.99. The highest BCUT2D eigenvalue weighted by atomic mass is 32.2. The summed E-state index contributed by atoms with van der Waals surface area (Å²) in [6.07, 6.45) is 2.39. The zero-order chi connectivity index (χ0) is 21.8. The first kappa shape index (κ1) is 22.1. The summed E-state index contributed by atoms with van der Waals surface area (Å²) in [6, 6.07) is 7.26. The van der Waals surface area contributed by atoms with Crippen LogP contribution in [0.2, 0.25) is 0 Å². The Morgan fingerprint density at radius 3 is 2.70 bits per heavy atom. The van der Waals surface area contributed by atoms with E-state index in [0.717, 1.165) is 16.9 Å². The summed E-state index contributed by atoms with van der Waals surface area (Å²) < 4.78 is 6.83. The van der Waals surface area contributed by atoms with Crippen LogP contribution in [0, 0.1) is 6.92 Å². The first-order valence-corrected chi connectivity index (χ1v) is 11.4. The van der Waals surface area contributed by atoms with Crippen molar-refractivity contribution in [2.45, 2.75) is 37.6 Å². The number of benzene rings is 1. The molecule has 1 aromatic carbocycles. The van der Waals surface area contributed by atoms with Crippen LogP contribution >= 0.6 is 23.1 Å². The third-order valence-electron chi connectivity index (χ3n) is 4.75. The average Bonchev–Trinajstić information content (AvgIpc) is 3.07. The lowest BCUT2D eigenvalue weighted by Gasteiger charge is -2.16. The van der Waals surface area contributed by atoms with Gasteiger partial charge in [-0.15, -0.1) is 17.9 Å². The molecular formula is C22H25N3O3S2. The summed E-state index contributed by atoms with van der Waals surface area (Å²) in [5.41, 5.74) is 1.60. The van der Waals surface area contributed by atoms with Crippen LogP contribution < -0.4 is 15.6 Å². The van der Waals surface area contributed by atoms with Crippen molar-refractivity contribution in [2.24, 2.45) is 0 Å². The predicted molar refractivity (Wildman–Crippen MR) is 124 cm³/mol. The number of carbonyl (C=O) groups excluding carboxylic acids is 1. The van der Waals surface area contributed by atoms with Gasteiger partial charge in [0.25, 0.3) is 5.56 Å². The summed E-state index contributed by atoms with van der Waals surface area (Å²) in [6.45, 7) is 9.87. The predicted octanol–water partition coefficient (Wildman–Crippen LogP) is 4.11. The molecule has 0 radical (unpaired) electrons. The molecular weight excluding hydrogens is 418 g/mol. The molecule has 1 N–H and O–H groups in total. The third kappa shape index (κ3) is 4.29. The van der Waals surface area contributed by atoms with Crippen LogP contribution in [0.4, 0.5) is 0 Å². The van der Waals surface area contributed by atoms with Gasteiger partial charge in [0.2, 0.25) is 5.91 Å². The van der Waals surface area contributed by atoms with Crippen molar-refractivity contribution in [3.63, 3.8) is 0 Å². The number of carbonyl (C=O) groups is 1. The van der Waals surface area contributed by atoms with Gasteiger partial charge in [0, 0.05) is 11.4 Å². The Labute approximate surface area is 184 Å². The van der Waals surface area contributed by atoms with E-state index in [9.17, 15) is 9.59 Å². The highest BCUT2D eigenvalue weighted by Gasteiger charge is 2.22. The molecule has 1 atom stereocenters. The summed E-state index contributed by atoms with van der Waals surface area (Å²) in [5, 5.41) is 3.51. The standard InChI is InChI=1S/C22H25N3O3S2/c1-6-12-23-19(26)14(4)30-22-24-20-18(17(7-2)13(3)29-20)21(27)25(22)15-8-10-16(28-5)11-9-15/h6,8-11,14H,1,7,12H2,2-5H3,(H,23,26)/t14-/m1/s1. The molecule has 3 rings (SSSR count). The zero-order valence-corrected chi connectivity index (χ0v) is 19.2. The van der Waals surface area contributed by atoms with Gasteiger partial charge in [0.05, 0.1) is 23.4 Å². The maximum Gasteiger partial charge on any atom is 0.267 e. The lowest BCUT2D eigenvalue weighted by atomic mass is 10.1. The van der Waals surface area contributed by atoms with Crippen LogP contribution in [0.25, 0.3) is 15.9 Å². The minimum atomic E-state index is -0.425. The van der Waals surface area contributed by atoms with Gasteiger partial charge in [-0.2, -0.15) is 0 Å². The highest BCUT2D eigenvalue weighted by molar-refractivity contribution is 8.00. The number of aromatic nitrogens is 2. The topological polar surface area (TPSA) is 73.2 Å². The van der Waals surface area contributed by atoms with Crippen LogP contribution in [0.1, 0.15) is 24.3 Å². The first-order valence-electron chi connectivity index (χ1n) is 9.65. The normalized spacial score (nSPS) is 12.0. The molecule has 1 amide bonds. The summed E-state index contributed by atoms with van der Waals surface area (Å²) in [5.74, 6) is 0.569. The summed E-state index contributed by atoms with van der Waals surface area (Å²) >= 11 is 2.79. The molecule has 0 aliphatic rings. The van der Waals surface area contributed by atoms with E-state index < -0.39 is 5.25 Å². The van der Waals surface area contributed by atoms with Crippen LogP contribution in [0.3, 0.4) is 0 Å². The number of hydrogen-bond acceptors (Lipinski definition) is 6. The molecule has 158 valence electrons. The van der Waals surface area contributed by atoms with E-state index in [2.05, 4.69) is 11.9 Å². The number of thiophene rings is 1. The van der Waals surface area contributed by atoms with Crippen molar-refractivity contribution in [1.29, 1.82) is 0 Å². The molecule has 8 heteroatoms. The van der Waals surface area contributed by atoms with Gasteiger partial charge < -0.3 is 10.1 Å². The Balaban J connectivity index is 2.17. The fraction of sp³-hybridized carbons (Fsp3) is 0.318. The fourth-order valence-electron chi connectivity index (χ4n) is 3.19. The van der Waals surface area contributed by atoms with E-state index in [1.807, 2.05) is 26.0 Å². The summed E-state index contributed by atoms with van der Waals surface area (Å²) in [4.78, 5) is 32.6. The van der Waals surface area contributed by atoms with Crippen LogP contribution in [0.15, 0.2) is 46.9 Å². The van der Waals surface area contributed by atoms with Gasteiger partial charge in [-0.1, -0.05) is 24.8 Å². The number of rotatable bonds is 8. The quantitative estimate of drug-likeness (QED) is 0.322. The summed E-state index contributed by atoms with van der Waals surface area (Å²) in [7, 11) is 1.60. The third-order valence-corrected chi connectivity index (χ3v) is 6.85. The SMILES string of the molecule is C=CCNC(=O)[C@@H](C)Sc1nc2sc(C)c(CC)c2c(=O)n1-c1ccc(OC)cc1. The molecule has 2 heterocycles. The lowest BCUT2D eigenvalue weighted by Crippen LogP contribution is -2.32. The number of methoxy groups -OCH3 is 1. The van der Waals surface area contributed by atoms with Crippen LogP contribution in [0.5, 0.6) is 5.75 Å². The number of nitrogens with zero attached hydrogens (tertiary/aromatic N) is 2. The van der Waals surface area contributed by atoms with Crippen molar-refractivity contribution in [3.8, 4) is 11.4 Å². The molecule has 0 saturated heterocycles. The molecule has 30 heavy (non-hydrogen) atoms. The first-order chi connectivity index (χ1) is 14.4. The maximum atomic E-state index is 13.6. The fourth-order valence-corrected chi connectivity index (χ4v) is 5.30.